The Kier molecular flexibility index (Phi) is 4.72. The van der Waals surface area contributed by atoms with E-state index < -0.39 is 17.5 Å². The van der Waals surface area contributed by atoms with Gasteiger partial charge in [0, 0.05) is 17.7 Å². The number of aromatic hydroxyl groups is 1. The van der Waals surface area contributed by atoms with Gasteiger partial charge in [0.15, 0.2) is 5.82 Å². The van der Waals surface area contributed by atoms with E-state index in [1.165, 1.54) is 26.4 Å². The van der Waals surface area contributed by atoms with Gasteiger partial charge in [0.2, 0.25) is 0 Å². The standard InChI is InChI=1S/C15H13ClFNO4/c1-21-9-3-8(4-10(5-9)22-2)15(20)18-13-6-11(16)14(19)7-12(13)17/h3-7,19H,1-2H3,(H,18,20). The second kappa shape index (κ2) is 6.53. The van der Waals surface area contributed by atoms with Crippen LogP contribution in [0.2, 0.25) is 5.02 Å². The number of anilines is 1. The fraction of sp³-hybridized carbons (Fsp3) is 0.133. The molecule has 0 aromatic heterocycles. The summed E-state index contributed by atoms with van der Waals surface area (Å²) in [6, 6.07) is 6.52. The number of phenolic OH excluding ortho intramolecular Hbond substituents is 1. The Morgan fingerprint density at radius 2 is 1.73 bits per heavy atom. The SMILES string of the molecule is COc1cc(OC)cc(C(=O)Nc2cc(Cl)c(O)cc2F)c1. The summed E-state index contributed by atoms with van der Waals surface area (Å²) in [6.07, 6.45) is 0. The predicted octanol–water partition coefficient (Wildman–Crippen LogP) is 3.45. The molecular weight excluding hydrogens is 313 g/mol. The average Bonchev–Trinajstić information content (AvgIpc) is 2.51. The number of hydrogen-bond donors (Lipinski definition) is 2. The van der Waals surface area contributed by atoms with Crippen LogP contribution in [0.3, 0.4) is 0 Å². The van der Waals surface area contributed by atoms with Crippen LogP contribution in [0, 0.1) is 5.82 Å². The fourth-order valence-electron chi connectivity index (χ4n) is 1.77. The minimum Gasteiger partial charge on any atom is -0.506 e. The van der Waals surface area contributed by atoms with Crippen LogP contribution in [-0.2, 0) is 0 Å². The summed E-state index contributed by atoms with van der Waals surface area (Å²) < 4.78 is 23.9. The van der Waals surface area contributed by atoms with Crippen LogP contribution in [0.1, 0.15) is 10.4 Å². The highest BCUT2D eigenvalue weighted by atomic mass is 35.5. The number of halogens is 2. The van der Waals surface area contributed by atoms with Gasteiger partial charge in [-0.05, 0) is 18.2 Å². The van der Waals surface area contributed by atoms with Crippen molar-refractivity contribution in [2.24, 2.45) is 0 Å². The number of ether oxygens (including phenoxy) is 2. The Morgan fingerprint density at radius 1 is 1.14 bits per heavy atom. The Morgan fingerprint density at radius 3 is 2.27 bits per heavy atom. The Balaban J connectivity index is 2.31. The molecule has 0 aliphatic rings. The van der Waals surface area contributed by atoms with E-state index in [0.717, 1.165) is 12.1 Å². The van der Waals surface area contributed by atoms with Crippen LogP contribution < -0.4 is 14.8 Å². The smallest absolute Gasteiger partial charge is 0.256 e. The zero-order chi connectivity index (χ0) is 16.3. The molecule has 0 aliphatic carbocycles. The van der Waals surface area contributed by atoms with Crippen LogP contribution in [0.15, 0.2) is 30.3 Å². The lowest BCUT2D eigenvalue weighted by molar-refractivity contribution is 0.102. The Hall–Kier alpha value is -2.47. The molecule has 0 spiro atoms. The molecule has 0 saturated carbocycles. The number of nitrogens with one attached hydrogen (secondary N) is 1. The zero-order valence-electron chi connectivity index (χ0n) is 11.8. The maximum absolute atomic E-state index is 13.7. The maximum Gasteiger partial charge on any atom is 0.256 e. The third kappa shape index (κ3) is 3.40. The van der Waals surface area contributed by atoms with Crippen molar-refractivity contribution in [3.63, 3.8) is 0 Å². The molecule has 0 unspecified atom stereocenters. The Bertz CT molecular complexity index is 699. The van der Waals surface area contributed by atoms with Crippen LogP contribution in [0.5, 0.6) is 17.2 Å². The summed E-state index contributed by atoms with van der Waals surface area (Å²) in [6.45, 7) is 0. The van der Waals surface area contributed by atoms with Gasteiger partial charge in [-0.25, -0.2) is 4.39 Å². The highest BCUT2D eigenvalue weighted by Crippen LogP contribution is 2.30. The summed E-state index contributed by atoms with van der Waals surface area (Å²) in [5, 5.41) is 11.6. The first-order chi connectivity index (χ1) is 10.4. The van der Waals surface area contributed by atoms with E-state index in [0.29, 0.717) is 11.5 Å². The molecule has 22 heavy (non-hydrogen) atoms. The first-order valence-electron chi connectivity index (χ1n) is 6.17. The number of phenols is 1. The molecular formula is C15H13ClFNO4. The number of carbonyl (C=O) groups is 1. The van der Waals surface area contributed by atoms with Crippen LogP contribution in [0.25, 0.3) is 0 Å². The summed E-state index contributed by atoms with van der Waals surface area (Å²) in [7, 11) is 2.91. The van der Waals surface area contributed by atoms with E-state index in [1.807, 2.05) is 0 Å². The fourth-order valence-corrected chi connectivity index (χ4v) is 1.93. The number of hydrogen-bond acceptors (Lipinski definition) is 4. The van der Waals surface area contributed by atoms with Crippen molar-refractivity contribution < 1.29 is 23.8 Å². The van der Waals surface area contributed by atoms with Gasteiger partial charge >= 0.3 is 0 Å². The monoisotopic (exact) mass is 325 g/mol. The lowest BCUT2D eigenvalue weighted by atomic mass is 10.1. The van der Waals surface area contributed by atoms with E-state index in [4.69, 9.17) is 21.1 Å². The number of carbonyl (C=O) groups excluding carboxylic acids is 1. The third-order valence-corrected chi connectivity index (χ3v) is 3.20. The first-order valence-corrected chi connectivity index (χ1v) is 6.55. The van der Waals surface area contributed by atoms with E-state index in [1.54, 1.807) is 6.07 Å². The summed E-state index contributed by atoms with van der Waals surface area (Å²) in [5.41, 5.74) is 0.0781. The molecule has 0 radical (unpaired) electrons. The van der Waals surface area contributed by atoms with Gasteiger partial charge in [-0.1, -0.05) is 11.6 Å². The molecule has 0 heterocycles. The molecule has 0 fully saturated rings. The van der Waals surface area contributed by atoms with Gasteiger partial charge in [0.05, 0.1) is 24.9 Å². The van der Waals surface area contributed by atoms with Gasteiger partial charge in [0.1, 0.15) is 17.2 Å². The Labute approximate surface area is 131 Å². The van der Waals surface area contributed by atoms with Crippen molar-refractivity contribution in [1.82, 2.24) is 0 Å². The molecule has 2 N–H and O–H groups in total. The molecule has 2 rings (SSSR count). The maximum atomic E-state index is 13.7. The van der Waals surface area contributed by atoms with E-state index in [9.17, 15) is 14.3 Å². The van der Waals surface area contributed by atoms with Gasteiger partial charge in [-0.15, -0.1) is 0 Å². The number of rotatable bonds is 4. The molecule has 1 amide bonds. The second-order valence-electron chi connectivity index (χ2n) is 4.34. The molecule has 0 atom stereocenters. The minimum absolute atomic E-state index is 0.0695. The van der Waals surface area contributed by atoms with Gasteiger partial charge in [-0.2, -0.15) is 0 Å². The average molecular weight is 326 g/mol. The molecule has 2 aromatic rings. The van der Waals surface area contributed by atoms with Crippen molar-refractivity contribution in [2.75, 3.05) is 19.5 Å². The molecule has 0 aliphatic heterocycles. The summed E-state index contributed by atoms with van der Waals surface area (Å²) in [5.74, 6) is -0.925. The predicted molar refractivity (Wildman–Crippen MR) is 80.6 cm³/mol. The van der Waals surface area contributed by atoms with Crippen molar-refractivity contribution in [3.8, 4) is 17.2 Å². The zero-order valence-corrected chi connectivity index (χ0v) is 12.6. The van der Waals surface area contributed by atoms with Gasteiger partial charge < -0.3 is 19.9 Å². The van der Waals surface area contributed by atoms with Gasteiger partial charge in [0.25, 0.3) is 5.91 Å². The van der Waals surface area contributed by atoms with Gasteiger partial charge in [-0.3, -0.25) is 4.79 Å². The molecule has 0 saturated heterocycles. The van der Waals surface area contributed by atoms with Crippen LogP contribution >= 0.6 is 11.6 Å². The minimum atomic E-state index is -0.801. The molecule has 116 valence electrons. The lowest BCUT2D eigenvalue weighted by Crippen LogP contribution is -2.13. The van der Waals surface area contributed by atoms with Crippen LogP contribution in [-0.4, -0.2) is 25.2 Å². The normalized spacial score (nSPS) is 10.2. The largest absolute Gasteiger partial charge is 0.506 e. The molecule has 0 bridgehead atoms. The summed E-state index contributed by atoms with van der Waals surface area (Å²) >= 11 is 5.70. The molecule has 5 nitrogen and oxygen atoms in total. The van der Waals surface area contributed by atoms with E-state index in [2.05, 4.69) is 5.32 Å². The van der Waals surface area contributed by atoms with Crippen molar-refractivity contribution in [1.29, 1.82) is 0 Å². The van der Waals surface area contributed by atoms with Crippen LogP contribution in [0.4, 0.5) is 10.1 Å². The van der Waals surface area contributed by atoms with Crippen molar-refractivity contribution in [3.05, 3.63) is 46.7 Å². The molecule has 7 heteroatoms. The topological polar surface area (TPSA) is 67.8 Å². The summed E-state index contributed by atoms with van der Waals surface area (Å²) in [4.78, 5) is 12.2. The van der Waals surface area contributed by atoms with E-state index in [-0.39, 0.29) is 16.3 Å². The van der Waals surface area contributed by atoms with Crippen molar-refractivity contribution in [2.45, 2.75) is 0 Å². The highest BCUT2D eigenvalue weighted by molar-refractivity contribution is 6.32. The number of benzene rings is 2. The quantitative estimate of drug-likeness (QED) is 0.845. The van der Waals surface area contributed by atoms with Crippen molar-refractivity contribution >= 4 is 23.2 Å². The number of methoxy groups -OCH3 is 2. The third-order valence-electron chi connectivity index (χ3n) is 2.90. The van der Waals surface area contributed by atoms with E-state index >= 15 is 0 Å². The lowest BCUT2D eigenvalue weighted by Gasteiger charge is -2.10. The highest BCUT2D eigenvalue weighted by Gasteiger charge is 2.14. The molecule has 2 aromatic carbocycles. The second-order valence-corrected chi connectivity index (χ2v) is 4.75. The number of amides is 1. The first kappa shape index (κ1) is 15.9.